The summed E-state index contributed by atoms with van der Waals surface area (Å²) < 4.78 is 11.1. The van der Waals surface area contributed by atoms with E-state index in [2.05, 4.69) is 0 Å². The summed E-state index contributed by atoms with van der Waals surface area (Å²) in [4.78, 5) is 11.6. The molecule has 0 fully saturated rings. The third kappa shape index (κ3) is 4.38. The van der Waals surface area contributed by atoms with Gasteiger partial charge in [-0.25, -0.2) is 0 Å². The third-order valence-electron chi connectivity index (χ3n) is 3.12. The molecule has 0 radical (unpaired) electrons. The van der Waals surface area contributed by atoms with E-state index in [9.17, 15) is 4.79 Å². The summed E-state index contributed by atoms with van der Waals surface area (Å²) in [5.74, 6) is 0.590. The second-order valence-electron chi connectivity index (χ2n) is 6.24. The molecule has 0 amide bonds. The zero-order valence-corrected chi connectivity index (χ0v) is 13.4. The molecule has 0 heterocycles. The second kappa shape index (κ2) is 6.69. The quantitative estimate of drug-likeness (QED) is 0.516. The Morgan fingerprint density at radius 1 is 1.09 bits per heavy atom. The lowest BCUT2D eigenvalue weighted by molar-refractivity contribution is -0.155. The Morgan fingerprint density at radius 2 is 1.77 bits per heavy atom. The Bertz CT molecular complexity index is 659. The molecule has 2 aromatic carbocycles. The first-order valence-corrected chi connectivity index (χ1v) is 7.49. The molecule has 0 aliphatic heterocycles. The van der Waals surface area contributed by atoms with Gasteiger partial charge in [-0.15, -0.1) is 0 Å². The van der Waals surface area contributed by atoms with E-state index in [1.807, 2.05) is 57.2 Å². The van der Waals surface area contributed by atoms with Crippen LogP contribution < -0.4 is 10.5 Å². The standard InChI is InChI=1S/C18H23NO3/c1-18(2,3)22-17(20)9-6-12-21-16-11-10-15(19)13-7-4-5-8-14(13)16/h4-5,7-8,10-11H,6,9,12,19H2,1-3H3. The maximum absolute atomic E-state index is 11.6. The SMILES string of the molecule is CC(C)(C)OC(=O)CCCOc1ccc(N)c2ccccc12. The largest absolute Gasteiger partial charge is 0.493 e. The van der Waals surface area contributed by atoms with Crippen LogP contribution in [0.3, 0.4) is 0 Å². The number of hydrogen-bond donors (Lipinski definition) is 1. The number of nitrogen functional groups attached to an aromatic ring is 1. The zero-order chi connectivity index (χ0) is 16.2. The van der Waals surface area contributed by atoms with Crippen LogP contribution in [0, 0.1) is 0 Å². The van der Waals surface area contributed by atoms with Crippen LogP contribution in [-0.2, 0) is 9.53 Å². The molecule has 2 aromatic rings. The highest BCUT2D eigenvalue weighted by atomic mass is 16.6. The number of ether oxygens (including phenoxy) is 2. The van der Waals surface area contributed by atoms with Gasteiger partial charge in [-0.3, -0.25) is 4.79 Å². The molecular formula is C18H23NO3. The summed E-state index contributed by atoms with van der Waals surface area (Å²) in [7, 11) is 0. The van der Waals surface area contributed by atoms with Gasteiger partial charge in [-0.1, -0.05) is 24.3 Å². The highest BCUT2D eigenvalue weighted by molar-refractivity contribution is 5.96. The minimum atomic E-state index is -0.439. The lowest BCUT2D eigenvalue weighted by atomic mass is 10.1. The molecule has 0 aromatic heterocycles. The average molecular weight is 301 g/mol. The molecule has 0 aliphatic rings. The van der Waals surface area contributed by atoms with Gasteiger partial charge in [-0.05, 0) is 39.3 Å². The number of benzene rings is 2. The zero-order valence-electron chi connectivity index (χ0n) is 13.4. The topological polar surface area (TPSA) is 61.5 Å². The highest BCUT2D eigenvalue weighted by Gasteiger charge is 2.15. The summed E-state index contributed by atoms with van der Waals surface area (Å²) in [5, 5.41) is 1.96. The van der Waals surface area contributed by atoms with E-state index < -0.39 is 5.60 Å². The number of anilines is 1. The number of hydrogen-bond acceptors (Lipinski definition) is 4. The molecule has 0 unspecified atom stereocenters. The van der Waals surface area contributed by atoms with Crippen LogP contribution in [0.1, 0.15) is 33.6 Å². The Balaban J connectivity index is 1.91. The summed E-state index contributed by atoms with van der Waals surface area (Å²) in [6.07, 6.45) is 0.970. The van der Waals surface area contributed by atoms with Crippen molar-refractivity contribution in [2.24, 2.45) is 0 Å². The van der Waals surface area contributed by atoms with Crippen LogP contribution in [-0.4, -0.2) is 18.2 Å². The predicted molar refractivity (Wildman–Crippen MR) is 88.9 cm³/mol. The van der Waals surface area contributed by atoms with Crippen molar-refractivity contribution < 1.29 is 14.3 Å². The van der Waals surface area contributed by atoms with Gasteiger partial charge in [0.15, 0.2) is 0 Å². The Hall–Kier alpha value is -2.23. The fourth-order valence-corrected chi connectivity index (χ4v) is 2.21. The van der Waals surface area contributed by atoms with Crippen molar-refractivity contribution in [2.45, 2.75) is 39.2 Å². The Morgan fingerprint density at radius 3 is 2.45 bits per heavy atom. The van der Waals surface area contributed by atoms with Crippen molar-refractivity contribution in [3.8, 4) is 5.75 Å². The number of carbonyl (C=O) groups excluding carboxylic acids is 1. The normalized spacial score (nSPS) is 11.4. The minimum Gasteiger partial charge on any atom is -0.493 e. The van der Waals surface area contributed by atoms with Gasteiger partial charge in [-0.2, -0.15) is 0 Å². The van der Waals surface area contributed by atoms with Crippen LogP contribution in [0.15, 0.2) is 36.4 Å². The number of esters is 1. The lowest BCUT2D eigenvalue weighted by Gasteiger charge is -2.19. The fourth-order valence-electron chi connectivity index (χ4n) is 2.21. The smallest absolute Gasteiger partial charge is 0.306 e. The van der Waals surface area contributed by atoms with E-state index in [4.69, 9.17) is 15.2 Å². The van der Waals surface area contributed by atoms with E-state index in [0.717, 1.165) is 22.2 Å². The number of carbonyl (C=O) groups is 1. The molecule has 0 spiro atoms. The van der Waals surface area contributed by atoms with Gasteiger partial charge in [0.1, 0.15) is 11.4 Å². The molecule has 2 N–H and O–H groups in total. The Kier molecular flexibility index (Phi) is 4.91. The van der Waals surface area contributed by atoms with Crippen molar-refractivity contribution in [3.63, 3.8) is 0 Å². The van der Waals surface area contributed by atoms with Crippen LogP contribution in [0.25, 0.3) is 10.8 Å². The third-order valence-corrected chi connectivity index (χ3v) is 3.12. The monoisotopic (exact) mass is 301 g/mol. The van der Waals surface area contributed by atoms with E-state index in [1.54, 1.807) is 0 Å². The van der Waals surface area contributed by atoms with Crippen molar-refractivity contribution in [1.82, 2.24) is 0 Å². The first-order chi connectivity index (χ1) is 10.4. The summed E-state index contributed by atoms with van der Waals surface area (Å²) in [6.45, 7) is 6.05. The van der Waals surface area contributed by atoms with Gasteiger partial charge < -0.3 is 15.2 Å². The second-order valence-corrected chi connectivity index (χ2v) is 6.24. The van der Waals surface area contributed by atoms with Crippen molar-refractivity contribution in [1.29, 1.82) is 0 Å². The van der Waals surface area contributed by atoms with Crippen molar-refractivity contribution in [3.05, 3.63) is 36.4 Å². The lowest BCUT2D eigenvalue weighted by Crippen LogP contribution is -2.23. The van der Waals surface area contributed by atoms with E-state index in [-0.39, 0.29) is 5.97 Å². The first-order valence-electron chi connectivity index (χ1n) is 7.49. The fraction of sp³-hybridized carbons (Fsp3) is 0.389. The summed E-state index contributed by atoms with van der Waals surface area (Å²) in [5.41, 5.74) is 6.26. The van der Waals surface area contributed by atoms with E-state index >= 15 is 0 Å². The Labute approximate surface area is 131 Å². The minimum absolute atomic E-state index is 0.196. The number of nitrogens with two attached hydrogens (primary N) is 1. The van der Waals surface area contributed by atoms with Crippen LogP contribution in [0.2, 0.25) is 0 Å². The molecule has 4 heteroatoms. The molecule has 118 valence electrons. The molecular weight excluding hydrogens is 278 g/mol. The van der Waals surface area contributed by atoms with Gasteiger partial charge in [0.05, 0.1) is 6.61 Å². The molecule has 22 heavy (non-hydrogen) atoms. The molecule has 0 saturated carbocycles. The van der Waals surface area contributed by atoms with Crippen molar-refractivity contribution >= 4 is 22.4 Å². The summed E-state index contributed by atoms with van der Waals surface area (Å²) >= 11 is 0. The van der Waals surface area contributed by atoms with Crippen LogP contribution >= 0.6 is 0 Å². The van der Waals surface area contributed by atoms with Crippen LogP contribution in [0.5, 0.6) is 5.75 Å². The molecule has 0 saturated heterocycles. The van der Waals surface area contributed by atoms with Crippen molar-refractivity contribution in [2.75, 3.05) is 12.3 Å². The van der Waals surface area contributed by atoms with E-state index in [0.29, 0.717) is 19.4 Å². The average Bonchev–Trinajstić information content (AvgIpc) is 2.44. The van der Waals surface area contributed by atoms with Gasteiger partial charge in [0.25, 0.3) is 0 Å². The predicted octanol–water partition coefficient (Wildman–Crippen LogP) is 3.92. The highest BCUT2D eigenvalue weighted by Crippen LogP contribution is 2.29. The first kappa shape index (κ1) is 16.1. The summed E-state index contributed by atoms with van der Waals surface area (Å²) in [6, 6.07) is 11.6. The van der Waals surface area contributed by atoms with Gasteiger partial charge in [0.2, 0.25) is 0 Å². The molecule has 0 bridgehead atoms. The van der Waals surface area contributed by atoms with E-state index in [1.165, 1.54) is 0 Å². The number of rotatable bonds is 5. The maximum Gasteiger partial charge on any atom is 0.306 e. The molecule has 0 aliphatic carbocycles. The number of fused-ring (bicyclic) bond motifs is 1. The molecule has 2 rings (SSSR count). The van der Waals surface area contributed by atoms with Gasteiger partial charge >= 0.3 is 5.97 Å². The van der Waals surface area contributed by atoms with Gasteiger partial charge in [0, 0.05) is 22.9 Å². The van der Waals surface area contributed by atoms with Crippen LogP contribution in [0.4, 0.5) is 5.69 Å². The molecule has 0 atom stereocenters. The maximum atomic E-state index is 11.6. The molecule has 4 nitrogen and oxygen atoms in total.